The molecule has 1 aromatic carbocycles. The van der Waals surface area contributed by atoms with Crippen molar-refractivity contribution < 1.29 is 4.79 Å². The van der Waals surface area contributed by atoms with Crippen LogP contribution in [0.5, 0.6) is 0 Å². The summed E-state index contributed by atoms with van der Waals surface area (Å²) in [6.45, 7) is 6.07. The van der Waals surface area contributed by atoms with Gasteiger partial charge in [-0.05, 0) is 38.0 Å². The van der Waals surface area contributed by atoms with Crippen molar-refractivity contribution in [3.8, 4) is 0 Å². The van der Waals surface area contributed by atoms with Crippen molar-refractivity contribution in [3.63, 3.8) is 0 Å². The Labute approximate surface area is 79.1 Å². The van der Waals surface area contributed by atoms with Crippen LogP contribution < -0.4 is 0 Å². The summed E-state index contributed by atoms with van der Waals surface area (Å²) in [5.41, 5.74) is 4.61. The smallest absolute Gasteiger partial charge is 0.143 e. The Bertz CT molecular complexity index is 328. The van der Waals surface area contributed by atoms with Crippen molar-refractivity contribution in [3.05, 3.63) is 41.0 Å². The van der Waals surface area contributed by atoms with Crippen molar-refractivity contribution in [2.75, 3.05) is 0 Å². The second kappa shape index (κ2) is 4.04. The summed E-state index contributed by atoms with van der Waals surface area (Å²) < 4.78 is 0. The third-order valence-corrected chi connectivity index (χ3v) is 2.00. The van der Waals surface area contributed by atoms with Gasteiger partial charge in [-0.25, -0.2) is 0 Å². The Kier molecular flexibility index (Phi) is 3.02. The first-order valence-corrected chi connectivity index (χ1v) is 4.34. The molecule has 1 rings (SSSR count). The molecule has 0 atom stereocenters. The van der Waals surface area contributed by atoms with Gasteiger partial charge < -0.3 is 0 Å². The number of aldehydes is 1. The van der Waals surface area contributed by atoms with Crippen molar-refractivity contribution in [2.24, 2.45) is 0 Å². The minimum absolute atomic E-state index is 0.826. The zero-order valence-corrected chi connectivity index (χ0v) is 8.29. The van der Waals surface area contributed by atoms with Gasteiger partial charge in [-0.2, -0.15) is 0 Å². The van der Waals surface area contributed by atoms with Gasteiger partial charge in [0.25, 0.3) is 0 Å². The van der Waals surface area contributed by atoms with Gasteiger partial charge >= 0.3 is 0 Å². The number of aryl methyl sites for hydroxylation is 2. The summed E-state index contributed by atoms with van der Waals surface area (Å²) >= 11 is 0. The highest BCUT2D eigenvalue weighted by molar-refractivity contribution is 5.80. The summed E-state index contributed by atoms with van der Waals surface area (Å²) in [4.78, 5) is 10.3. The molecule has 0 N–H and O–H groups in total. The van der Waals surface area contributed by atoms with Crippen molar-refractivity contribution in [1.29, 1.82) is 0 Å². The van der Waals surface area contributed by atoms with Crippen LogP contribution in [0, 0.1) is 13.8 Å². The molecule has 0 spiro atoms. The number of carbonyl (C=O) groups is 1. The molecule has 1 aromatic rings. The molecule has 0 aliphatic heterocycles. The SMILES string of the molecule is C/C(=C\C=O)c1cc(C)cc(C)c1. The van der Waals surface area contributed by atoms with Crippen molar-refractivity contribution in [1.82, 2.24) is 0 Å². The van der Waals surface area contributed by atoms with Gasteiger partial charge in [-0.3, -0.25) is 4.79 Å². The topological polar surface area (TPSA) is 17.1 Å². The zero-order chi connectivity index (χ0) is 9.84. The van der Waals surface area contributed by atoms with E-state index in [9.17, 15) is 4.79 Å². The molecule has 0 heterocycles. The largest absolute Gasteiger partial charge is 0.299 e. The number of hydrogen-bond acceptors (Lipinski definition) is 1. The summed E-state index contributed by atoms with van der Waals surface area (Å²) in [7, 11) is 0. The molecule has 0 amide bonds. The molecule has 13 heavy (non-hydrogen) atoms. The Morgan fingerprint density at radius 2 is 1.69 bits per heavy atom. The molecule has 0 unspecified atom stereocenters. The monoisotopic (exact) mass is 174 g/mol. The van der Waals surface area contributed by atoms with Gasteiger partial charge in [0.1, 0.15) is 6.29 Å². The molecule has 1 nitrogen and oxygen atoms in total. The molecule has 0 saturated carbocycles. The average Bonchev–Trinajstić information content (AvgIpc) is 2.03. The van der Waals surface area contributed by atoms with Gasteiger partial charge in [0, 0.05) is 0 Å². The van der Waals surface area contributed by atoms with E-state index in [1.54, 1.807) is 6.08 Å². The first-order valence-electron chi connectivity index (χ1n) is 4.34. The molecule has 68 valence electrons. The van der Waals surface area contributed by atoms with Crippen LogP contribution in [0.15, 0.2) is 24.3 Å². The van der Waals surface area contributed by atoms with Gasteiger partial charge in [0.05, 0.1) is 0 Å². The quantitative estimate of drug-likeness (QED) is 0.497. The Morgan fingerprint density at radius 3 is 2.15 bits per heavy atom. The fourth-order valence-electron chi connectivity index (χ4n) is 1.40. The highest BCUT2D eigenvalue weighted by atomic mass is 16.1. The van der Waals surface area contributed by atoms with Crippen LogP contribution in [-0.4, -0.2) is 6.29 Å². The lowest BCUT2D eigenvalue weighted by molar-refractivity contribution is -0.104. The number of allylic oxidation sites excluding steroid dienone is 2. The maximum Gasteiger partial charge on any atom is 0.143 e. The number of carbonyl (C=O) groups excluding carboxylic acids is 1. The van der Waals surface area contributed by atoms with Gasteiger partial charge in [0.2, 0.25) is 0 Å². The predicted molar refractivity (Wildman–Crippen MR) is 55.6 cm³/mol. The summed E-state index contributed by atoms with van der Waals surface area (Å²) in [6.07, 6.45) is 2.42. The summed E-state index contributed by atoms with van der Waals surface area (Å²) in [6, 6.07) is 6.29. The van der Waals surface area contributed by atoms with Gasteiger partial charge in [0.15, 0.2) is 0 Å². The van der Waals surface area contributed by atoms with E-state index in [2.05, 4.69) is 32.0 Å². The first-order chi connectivity index (χ1) is 6.13. The van der Waals surface area contributed by atoms with Crippen LogP contribution in [0.25, 0.3) is 5.57 Å². The third kappa shape index (κ3) is 2.55. The fourth-order valence-corrected chi connectivity index (χ4v) is 1.40. The van der Waals surface area contributed by atoms with Gasteiger partial charge in [-0.1, -0.05) is 29.3 Å². The first kappa shape index (κ1) is 9.72. The maximum absolute atomic E-state index is 10.3. The van der Waals surface area contributed by atoms with Crippen molar-refractivity contribution in [2.45, 2.75) is 20.8 Å². The molecule has 0 aromatic heterocycles. The molecule has 1 heteroatoms. The van der Waals surface area contributed by atoms with Crippen LogP contribution in [0.2, 0.25) is 0 Å². The Morgan fingerprint density at radius 1 is 1.15 bits per heavy atom. The minimum atomic E-state index is 0.826. The standard InChI is InChI=1S/C12H14O/c1-9-6-10(2)8-12(7-9)11(3)4-5-13/h4-8H,1-3H3/b11-4+. The second-order valence-electron chi connectivity index (χ2n) is 3.36. The van der Waals surface area contributed by atoms with Crippen LogP contribution in [0.4, 0.5) is 0 Å². The highest BCUT2D eigenvalue weighted by Gasteiger charge is 1.97. The predicted octanol–water partition coefficient (Wildman–Crippen LogP) is 2.91. The molecular formula is C12H14O. The number of rotatable bonds is 2. The number of benzene rings is 1. The molecule has 0 saturated heterocycles. The average molecular weight is 174 g/mol. The Hall–Kier alpha value is -1.37. The second-order valence-corrected chi connectivity index (χ2v) is 3.36. The van der Waals surface area contributed by atoms with E-state index in [1.807, 2.05) is 6.92 Å². The van der Waals surface area contributed by atoms with Crippen LogP contribution in [0.1, 0.15) is 23.6 Å². The van der Waals surface area contributed by atoms with Gasteiger partial charge in [-0.15, -0.1) is 0 Å². The lowest BCUT2D eigenvalue weighted by Gasteiger charge is -2.03. The van der Waals surface area contributed by atoms with Crippen LogP contribution in [-0.2, 0) is 4.79 Å². The van der Waals surface area contributed by atoms with E-state index in [1.165, 1.54) is 11.1 Å². The van der Waals surface area contributed by atoms with E-state index < -0.39 is 0 Å². The van der Waals surface area contributed by atoms with Crippen LogP contribution in [0.3, 0.4) is 0 Å². The van der Waals surface area contributed by atoms with E-state index in [0.29, 0.717) is 0 Å². The third-order valence-electron chi connectivity index (χ3n) is 2.00. The Balaban J connectivity index is 3.15. The van der Waals surface area contributed by atoms with E-state index in [0.717, 1.165) is 17.4 Å². The van der Waals surface area contributed by atoms with Crippen LogP contribution >= 0.6 is 0 Å². The fraction of sp³-hybridized carbons (Fsp3) is 0.250. The normalized spacial score (nSPS) is 11.5. The molecule has 0 bridgehead atoms. The van der Waals surface area contributed by atoms with E-state index in [-0.39, 0.29) is 0 Å². The van der Waals surface area contributed by atoms with E-state index in [4.69, 9.17) is 0 Å². The van der Waals surface area contributed by atoms with E-state index >= 15 is 0 Å². The lowest BCUT2D eigenvalue weighted by atomic mass is 10.0. The molecule has 0 radical (unpaired) electrons. The lowest BCUT2D eigenvalue weighted by Crippen LogP contribution is -1.84. The van der Waals surface area contributed by atoms with Crippen molar-refractivity contribution >= 4 is 11.9 Å². The molecular weight excluding hydrogens is 160 g/mol. The molecule has 0 aliphatic carbocycles. The molecule has 0 fully saturated rings. The summed E-state index contributed by atoms with van der Waals surface area (Å²) in [5.74, 6) is 0. The summed E-state index contributed by atoms with van der Waals surface area (Å²) in [5, 5.41) is 0. The maximum atomic E-state index is 10.3. The molecule has 0 aliphatic rings. The number of hydrogen-bond donors (Lipinski definition) is 0. The minimum Gasteiger partial charge on any atom is -0.299 e. The zero-order valence-electron chi connectivity index (χ0n) is 8.29. The highest BCUT2D eigenvalue weighted by Crippen LogP contribution is 2.16.